The lowest BCUT2D eigenvalue weighted by Gasteiger charge is -2.08. The number of hydrogen-bond acceptors (Lipinski definition) is 5. The first-order valence-corrected chi connectivity index (χ1v) is 5.47. The first-order valence-electron chi connectivity index (χ1n) is 4.65. The molecule has 1 atom stereocenters. The van der Waals surface area contributed by atoms with E-state index in [9.17, 15) is 9.59 Å². The van der Waals surface area contributed by atoms with Crippen molar-refractivity contribution in [2.24, 2.45) is 0 Å². The molecular formula is C8H12N4O3S. The van der Waals surface area contributed by atoms with E-state index in [-0.39, 0.29) is 0 Å². The van der Waals surface area contributed by atoms with Gasteiger partial charge in [0.15, 0.2) is 0 Å². The maximum absolute atomic E-state index is 11.3. The minimum absolute atomic E-state index is 0.354. The zero-order valence-corrected chi connectivity index (χ0v) is 9.67. The Morgan fingerprint density at radius 2 is 2.19 bits per heavy atom. The zero-order valence-electron chi connectivity index (χ0n) is 8.85. The van der Waals surface area contributed by atoms with Crippen LogP contribution in [0.1, 0.15) is 18.9 Å². The van der Waals surface area contributed by atoms with Crippen molar-refractivity contribution < 1.29 is 14.7 Å². The van der Waals surface area contributed by atoms with E-state index < -0.39 is 18.0 Å². The highest BCUT2D eigenvalue weighted by Crippen LogP contribution is 2.14. The molecule has 0 saturated heterocycles. The number of anilines is 1. The maximum Gasteiger partial charge on any atom is 0.325 e. The molecule has 0 bridgehead atoms. The van der Waals surface area contributed by atoms with Gasteiger partial charge in [-0.15, -0.1) is 10.2 Å². The topological polar surface area (TPSA) is 104 Å². The van der Waals surface area contributed by atoms with Crippen LogP contribution in [0.25, 0.3) is 0 Å². The number of aryl methyl sites for hydroxylation is 1. The summed E-state index contributed by atoms with van der Waals surface area (Å²) >= 11 is 1.26. The van der Waals surface area contributed by atoms with Crippen molar-refractivity contribution in [1.29, 1.82) is 0 Å². The molecule has 88 valence electrons. The minimum Gasteiger partial charge on any atom is -0.480 e. The molecule has 0 unspecified atom stereocenters. The average molecular weight is 244 g/mol. The molecule has 0 aliphatic heterocycles. The smallest absolute Gasteiger partial charge is 0.325 e. The number of carbonyl (C=O) groups excluding carboxylic acids is 1. The normalized spacial score (nSPS) is 11.9. The van der Waals surface area contributed by atoms with Crippen molar-refractivity contribution in [3.63, 3.8) is 0 Å². The molecule has 16 heavy (non-hydrogen) atoms. The minimum atomic E-state index is -1.10. The largest absolute Gasteiger partial charge is 0.480 e. The van der Waals surface area contributed by atoms with E-state index in [4.69, 9.17) is 5.11 Å². The van der Waals surface area contributed by atoms with Crippen LogP contribution in [0.15, 0.2) is 0 Å². The van der Waals surface area contributed by atoms with Crippen molar-refractivity contribution in [3.8, 4) is 0 Å². The molecule has 0 spiro atoms. The number of nitrogens with one attached hydrogen (secondary N) is 2. The number of aliphatic carboxylic acids is 1. The molecular weight excluding hydrogens is 232 g/mol. The second kappa shape index (κ2) is 5.40. The third-order valence-corrected chi connectivity index (χ3v) is 2.69. The number of urea groups is 1. The number of hydrogen-bond donors (Lipinski definition) is 3. The number of rotatable bonds is 4. The van der Waals surface area contributed by atoms with Crippen LogP contribution in [0.2, 0.25) is 0 Å². The number of aromatic nitrogens is 2. The Hall–Kier alpha value is -1.70. The van der Waals surface area contributed by atoms with Crippen LogP contribution in [0.5, 0.6) is 0 Å². The Morgan fingerprint density at radius 1 is 1.50 bits per heavy atom. The van der Waals surface area contributed by atoms with Gasteiger partial charge in [0, 0.05) is 0 Å². The van der Waals surface area contributed by atoms with E-state index in [1.807, 2.05) is 6.92 Å². The van der Waals surface area contributed by atoms with E-state index >= 15 is 0 Å². The number of amides is 2. The third-order valence-electron chi connectivity index (χ3n) is 1.71. The van der Waals surface area contributed by atoms with Crippen LogP contribution in [0, 0.1) is 0 Å². The van der Waals surface area contributed by atoms with Gasteiger partial charge in [-0.3, -0.25) is 10.1 Å². The highest BCUT2D eigenvalue weighted by Gasteiger charge is 2.14. The monoisotopic (exact) mass is 244 g/mol. The predicted molar refractivity (Wildman–Crippen MR) is 58.5 cm³/mol. The first kappa shape index (κ1) is 12.4. The molecule has 0 aliphatic carbocycles. The van der Waals surface area contributed by atoms with Crippen molar-refractivity contribution in [2.75, 3.05) is 5.32 Å². The van der Waals surface area contributed by atoms with Gasteiger partial charge in [-0.25, -0.2) is 4.79 Å². The fourth-order valence-electron chi connectivity index (χ4n) is 0.839. The molecule has 0 saturated carbocycles. The molecule has 7 nitrogen and oxygen atoms in total. The van der Waals surface area contributed by atoms with Gasteiger partial charge in [-0.1, -0.05) is 18.3 Å². The zero-order chi connectivity index (χ0) is 12.1. The molecule has 1 aromatic rings. The van der Waals surface area contributed by atoms with Gasteiger partial charge in [0.25, 0.3) is 0 Å². The van der Waals surface area contributed by atoms with Crippen LogP contribution in [-0.4, -0.2) is 33.3 Å². The summed E-state index contributed by atoms with van der Waals surface area (Å²) in [4.78, 5) is 21.7. The first-order chi connectivity index (χ1) is 7.52. The quantitative estimate of drug-likeness (QED) is 0.723. The molecule has 0 fully saturated rings. The fraction of sp³-hybridized carbons (Fsp3) is 0.500. The Bertz CT molecular complexity index is 392. The van der Waals surface area contributed by atoms with Gasteiger partial charge in [0.2, 0.25) is 5.13 Å². The molecule has 8 heteroatoms. The molecule has 1 heterocycles. The van der Waals surface area contributed by atoms with E-state index in [0.717, 1.165) is 11.4 Å². The van der Waals surface area contributed by atoms with Crippen LogP contribution in [0.4, 0.5) is 9.93 Å². The Labute approximate surface area is 95.9 Å². The van der Waals surface area contributed by atoms with E-state index in [1.54, 1.807) is 0 Å². The van der Waals surface area contributed by atoms with Crippen LogP contribution in [0.3, 0.4) is 0 Å². The molecule has 0 radical (unpaired) electrons. The summed E-state index contributed by atoms with van der Waals surface area (Å²) in [6, 6.07) is -1.55. The van der Waals surface area contributed by atoms with Gasteiger partial charge in [-0.05, 0) is 13.3 Å². The molecule has 1 rings (SSSR count). The molecule has 3 N–H and O–H groups in total. The van der Waals surface area contributed by atoms with Gasteiger partial charge in [0.05, 0.1) is 0 Å². The van der Waals surface area contributed by atoms with Gasteiger partial charge in [0.1, 0.15) is 11.0 Å². The van der Waals surface area contributed by atoms with Crippen LogP contribution < -0.4 is 10.6 Å². The molecule has 2 amide bonds. The molecule has 0 aromatic carbocycles. The summed E-state index contributed by atoms with van der Waals surface area (Å²) in [5.74, 6) is -1.10. The lowest BCUT2D eigenvalue weighted by molar-refractivity contribution is -0.138. The van der Waals surface area contributed by atoms with E-state index in [2.05, 4.69) is 20.8 Å². The molecule has 0 aliphatic rings. The van der Waals surface area contributed by atoms with Gasteiger partial charge >= 0.3 is 12.0 Å². The Morgan fingerprint density at radius 3 is 2.69 bits per heavy atom. The highest BCUT2D eigenvalue weighted by atomic mass is 32.1. The van der Waals surface area contributed by atoms with Crippen molar-refractivity contribution in [3.05, 3.63) is 5.01 Å². The number of carboxylic acids is 1. The van der Waals surface area contributed by atoms with Crippen molar-refractivity contribution in [2.45, 2.75) is 26.3 Å². The summed E-state index contributed by atoms with van der Waals surface area (Å²) in [6.07, 6.45) is 0.743. The highest BCUT2D eigenvalue weighted by molar-refractivity contribution is 7.15. The van der Waals surface area contributed by atoms with Gasteiger partial charge in [-0.2, -0.15) is 0 Å². The standard InChI is InChI=1S/C8H12N4O3S/c1-3-5-11-12-8(16-5)10-7(15)9-4(2)6(13)14/h4H,3H2,1-2H3,(H,13,14)(H2,9,10,12,15)/t4-/m0/s1. The summed E-state index contributed by atoms with van der Waals surface area (Å²) in [5.41, 5.74) is 0. The lowest BCUT2D eigenvalue weighted by atomic mass is 10.3. The van der Waals surface area contributed by atoms with E-state index in [0.29, 0.717) is 5.13 Å². The lowest BCUT2D eigenvalue weighted by Crippen LogP contribution is -2.40. The summed E-state index contributed by atoms with van der Waals surface area (Å²) in [5, 5.41) is 21.9. The maximum atomic E-state index is 11.3. The number of nitrogens with zero attached hydrogens (tertiary/aromatic N) is 2. The van der Waals surface area contributed by atoms with Crippen LogP contribution in [-0.2, 0) is 11.2 Å². The summed E-state index contributed by atoms with van der Waals surface area (Å²) in [7, 11) is 0. The number of carboxylic acid groups (broad SMARTS) is 1. The summed E-state index contributed by atoms with van der Waals surface area (Å²) < 4.78 is 0. The van der Waals surface area contributed by atoms with Crippen molar-refractivity contribution in [1.82, 2.24) is 15.5 Å². The summed E-state index contributed by atoms with van der Waals surface area (Å²) in [6.45, 7) is 3.30. The fourth-order valence-corrected chi connectivity index (χ4v) is 1.51. The van der Waals surface area contributed by atoms with E-state index in [1.165, 1.54) is 18.3 Å². The second-order valence-corrected chi connectivity index (χ2v) is 4.07. The third kappa shape index (κ3) is 3.46. The predicted octanol–water partition coefficient (Wildman–Crippen LogP) is 0.695. The van der Waals surface area contributed by atoms with Crippen molar-refractivity contribution >= 4 is 28.5 Å². The number of carbonyl (C=O) groups is 2. The molecule has 1 aromatic heterocycles. The Kier molecular flexibility index (Phi) is 4.18. The SMILES string of the molecule is CCc1nnc(NC(=O)N[C@@H](C)C(=O)O)s1. The van der Waals surface area contributed by atoms with Gasteiger partial charge < -0.3 is 10.4 Å². The Balaban J connectivity index is 2.48. The average Bonchev–Trinajstić information content (AvgIpc) is 2.65. The van der Waals surface area contributed by atoms with Crippen LogP contribution >= 0.6 is 11.3 Å². The second-order valence-electron chi connectivity index (χ2n) is 3.01.